The number of fused-ring (bicyclic) bond motifs is 1. The van der Waals surface area contributed by atoms with Gasteiger partial charge >= 0.3 is 5.97 Å². The SMILES string of the molecule is COc1ccc(CNC(=O)[C@H](C)OC(=O)c2cc3c(cc2[N+](=O)[O-])OCCO3)cc1. The second-order valence-corrected chi connectivity index (χ2v) is 6.38. The number of nitro benzene ring substituents is 1. The third-order valence-electron chi connectivity index (χ3n) is 4.36. The van der Waals surface area contributed by atoms with Gasteiger partial charge in [0.15, 0.2) is 17.6 Å². The summed E-state index contributed by atoms with van der Waals surface area (Å²) in [6.07, 6.45) is -1.16. The number of hydrogen-bond donors (Lipinski definition) is 1. The number of carbonyl (C=O) groups excluding carboxylic acids is 2. The molecule has 1 aliphatic heterocycles. The van der Waals surface area contributed by atoms with E-state index in [4.69, 9.17) is 18.9 Å². The van der Waals surface area contributed by atoms with Crippen molar-refractivity contribution in [3.05, 3.63) is 57.6 Å². The number of amides is 1. The second-order valence-electron chi connectivity index (χ2n) is 6.38. The molecule has 0 spiro atoms. The summed E-state index contributed by atoms with van der Waals surface area (Å²) in [5.41, 5.74) is 0.0132. The Balaban J connectivity index is 1.65. The van der Waals surface area contributed by atoms with Gasteiger partial charge in [0.2, 0.25) is 0 Å². The maximum Gasteiger partial charge on any atom is 0.346 e. The Morgan fingerprint density at radius 2 is 1.80 bits per heavy atom. The molecular formula is C20H20N2O8. The lowest BCUT2D eigenvalue weighted by Gasteiger charge is -2.19. The Bertz CT molecular complexity index is 958. The molecule has 2 aromatic rings. The molecule has 10 nitrogen and oxygen atoms in total. The van der Waals surface area contributed by atoms with Crippen LogP contribution in [0, 0.1) is 10.1 Å². The van der Waals surface area contributed by atoms with Crippen LogP contribution >= 0.6 is 0 Å². The maximum atomic E-state index is 12.5. The number of nitrogens with zero attached hydrogens (tertiary/aromatic N) is 1. The summed E-state index contributed by atoms with van der Waals surface area (Å²) >= 11 is 0. The van der Waals surface area contributed by atoms with Crippen molar-refractivity contribution in [2.45, 2.75) is 19.6 Å². The van der Waals surface area contributed by atoms with E-state index in [1.54, 1.807) is 31.4 Å². The number of ether oxygens (including phenoxy) is 4. The minimum absolute atomic E-state index is 0.176. The van der Waals surface area contributed by atoms with E-state index in [0.29, 0.717) is 5.75 Å². The molecule has 1 amide bonds. The third kappa shape index (κ3) is 4.77. The van der Waals surface area contributed by atoms with Crippen LogP contribution in [0.1, 0.15) is 22.8 Å². The lowest BCUT2D eigenvalue weighted by atomic mass is 10.1. The molecule has 0 aromatic heterocycles. The van der Waals surface area contributed by atoms with Crippen LogP contribution in [0.25, 0.3) is 0 Å². The predicted octanol–water partition coefficient (Wildman–Crippen LogP) is 2.24. The van der Waals surface area contributed by atoms with Crippen LogP contribution in [-0.4, -0.2) is 43.2 Å². The van der Waals surface area contributed by atoms with Gasteiger partial charge < -0.3 is 24.3 Å². The molecule has 1 aliphatic rings. The normalized spacial score (nSPS) is 13.1. The van der Waals surface area contributed by atoms with Crippen LogP contribution in [0.2, 0.25) is 0 Å². The predicted molar refractivity (Wildman–Crippen MR) is 104 cm³/mol. The number of rotatable bonds is 7. The Morgan fingerprint density at radius 3 is 2.40 bits per heavy atom. The van der Waals surface area contributed by atoms with E-state index in [2.05, 4.69) is 5.32 Å². The highest BCUT2D eigenvalue weighted by Gasteiger charge is 2.29. The van der Waals surface area contributed by atoms with Gasteiger partial charge in [-0.05, 0) is 24.6 Å². The molecule has 0 fully saturated rings. The van der Waals surface area contributed by atoms with E-state index in [-0.39, 0.29) is 36.8 Å². The largest absolute Gasteiger partial charge is 0.497 e. The standard InChI is InChI=1S/C20H20N2O8/c1-12(19(23)21-11-13-3-5-14(27-2)6-4-13)30-20(24)15-9-17-18(29-8-7-28-17)10-16(15)22(25)26/h3-6,9-10,12H,7-8,11H2,1-2H3,(H,21,23)/t12-/m0/s1. The molecule has 2 aromatic carbocycles. The van der Waals surface area contributed by atoms with Crippen molar-refractivity contribution < 1.29 is 33.5 Å². The Kier molecular flexibility index (Phi) is 6.35. The lowest BCUT2D eigenvalue weighted by Crippen LogP contribution is -2.35. The van der Waals surface area contributed by atoms with Gasteiger partial charge in [-0.2, -0.15) is 0 Å². The smallest absolute Gasteiger partial charge is 0.346 e. The van der Waals surface area contributed by atoms with E-state index in [9.17, 15) is 19.7 Å². The molecule has 0 aliphatic carbocycles. The number of methoxy groups -OCH3 is 1. The van der Waals surface area contributed by atoms with Crippen molar-refractivity contribution in [2.24, 2.45) is 0 Å². The number of esters is 1. The van der Waals surface area contributed by atoms with E-state index in [1.807, 2.05) is 0 Å². The molecule has 0 radical (unpaired) electrons. The van der Waals surface area contributed by atoms with Gasteiger partial charge in [-0.1, -0.05) is 12.1 Å². The highest BCUT2D eigenvalue weighted by atomic mass is 16.6. The van der Waals surface area contributed by atoms with Crippen LogP contribution in [0.15, 0.2) is 36.4 Å². The van der Waals surface area contributed by atoms with E-state index in [0.717, 1.165) is 11.6 Å². The molecule has 0 saturated carbocycles. The molecule has 10 heteroatoms. The summed E-state index contributed by atoms with van der Waals surface area (Å²) in [5, 5.41) is 14.0. The molecule has 30 heavy (non-hydrogen) atoms. The summed E-state index contributed by atoms with van der Waals surface area (Å²) in [5.74, 6) is -0.483. The first kappa shape index (κ1) is 20.9. The first-order valence-corrected chi connectivity index (χ1v) is 9.08. The molecule has 158 valence electrons. The van der Waals surface area contributed by atoms with Crippen molar-refractivity contribution in [3.8, 4) is 17.2 Å². The Morgan fingerprint density at radius 1 is 1.17 bits per heavy atom. The van der Waals surface area contributed by atoms with Gasteiger partial charge in [0.1, 0.15) is 24.5 Å². The van der Waals surface area contributed by atoms with E-state index in [1.165, 1.54) is 13.0 Å². The summed E-state index contributed by atoms with van der Waals surface area (Å²) in [6, 6.07) is 9.39. The van der Waals surface area contributed by atoms with Gasteiger partial charge in [0, 0.05) is 12.6 Å². The third-order valence-corrected chi connectivity index (χ3v) is 4.36. The average molecular weight is 416 g/mol. The first-order valence-electron chi connectivity index (χ1n) is 9.08. The van der Waals surface area contributed by atoms with Crippen molar-refractivity contribution in [1.82, 2.24) is 5.32 Å². The summed E-state index contributed by atoms with van der Waals surface area (Å²) in [7, 11) is 1.55. The monoisotopic (exact) mass is 416 g/mol. The number of benzene rings is 2. The van der Waals surface area contributed by atoms with Crippen molar-refractivity contribution in [1.29, 1.82) is 0 Å². The van der Waals surface area contributed by atoms with Gasteiger partial charge in [0.05, 0.1) is 18.1 Å². The fourth-order valence-corrected chi connectivity index (χ4v) is 2.75. The molecule has 1 atom stereocenters. The zero-order valence-electron chi connectivity index (χ0n) is 16.4. The molecule has 3 rings (SSSR count). The zero-order valence-corrected chi connectivity index (χ0v) is 16.4. The first-order chi connectivity index (χ1) is 14.4. The topological polar surface area (TPSA) is 126 Å². The Labute approximate surface area is 171 Å². The van der Waals surface area contributed by atoms with E-state index < -0.39 is 28.6 Å². The minimum Gasteiger partial charge on any atom is -0.497 e. The quantitative estimate of drug-likeness (QED) is 0.414. The fourth-order valence-electron chi connectivity index (χ4n) is 2.75. The molecule has 0 saturated heterocycles. The van der Waals surface area contributed by atoms with Crippen LogP contribution in [-0.2, 0) is 16.1 Å². The summed E-state index contributed by atoms with van der Waals surface area (Å²) < 4.78 is 20.9. The minimum atomic E-state index is -1.16. The number of nitro groups is 1. The van der Waals surface area contributed by atoms with Gasteiger partial charge in [-0.3, -0.25) is 14.9 Å². The molecule has 0 bridgehead atoms. The van der Waals surface area contributed by atoms with Crippen molar-refractivity contribution in [3.63, 3.8) is 0 Å². The van der Waals surface area contributed by atoms with Gasteiger partial charge in [-0.25, -0.2) is 4.79 Å². The summed E-state index contributed by atoms with van der Waals surface area (Å²) in [6.45, 7) is 2.10. The van der Waals surface area contributed by atoms with Crippen LogP contribution in [0.4, 0.5) is 5.69 Å². The van der Waals surface area contributed by atoms with Crippen LogP contribution in [0.5, 0.6) is 17.2 Å². The van der Waals surface area contributed by atoms with E-state index >= 15 is 0 Å². The molecule has 0 unspecified atom stereocenters. The Hall–Kier alpha value is -3.82. The average Bonchev–Trinajstić information content (AvgIpc) is 2.76. The van der Waals surface area contributed by atoms with Crippen LogP contribution in [0.3, 0.4) is 0 Å². The van der Waals surface area contributed by atoms with Crippen LogP contribution < -0.4 is 19.5 Å². The van der Waals surface area contributed by atoms with Crippen molar-refractivity contribution >= 4 is 17.6 Å². The number of nitrogens with one attached hydrogen (secondary N) is 1. The zero-order chi connectivity index (χ0) is 21.7. The van der Waals surface area contributed by atoms with Gasteiger partial charge in [-0.15, -0.1) is 0 Å². The molecule has 1 N–H and O–H groups in total. The summed E-state index contributed by atoms with van der Waals surface area (Å²) in [4.78, 5) is 35.4. The lowest BCUT2D eigenvalue weighted by molar-refractivity contribution is -0.385. The number of hydrogen-bond acceptors (Lipinski definition) is 8. The number of carbonyl (C=O) groups is 2. The molecular weight excluding hydrogens is 396 g/mol. The van der Waals surface area contributed by atoms with Gasteiger partial charge in [0.25, 0.3) is 11.6 Å². The van der Waals surface area contributed by atoms with Crippen molar-refractivity contribution in [2.75, 3.05) is 20.3 Å². The fraction of sp³-hybridized carbons (Fsp3) is 0.300. The molecule has 1 heterocycles. The highest BCUT2D eigenvalue weighted by Crippen LogP contribution is 2.37. The maximum absolute atomic E-state index is 12.5. The highest BCUT2D eigenvalue weighted by molar-refractivity contribution is 5.96. The second kappa shape index (κ2) is 9.12.